The van der Waals surface area contributed by atoms with E-state index in [0.29, 0.717) is 24.3 Å². The lowest BCUT2D eigenvalue weighted by molar-refractivity contribution is -0.284. The van der Waals surface area contributed by atoms with E-state index in [1.807, 2.05) is 0 Å². The Morgan fingerprint density at radius 3 is 1.31 bits per heavy atom. The molecule has 18 heteroatoms. The van der Waals surface area contributed by atoms with Crippen molar-refractivity contribution in [1.29, 1.82) is 0 Å². The standard InChI is InChI=1S/C27H24O18/c28-11-1-8(2-12(29)18(11)34)24(39)42-7-17-21(37)22(38)23(44-25(40)9-3-13(30)19(35)14(31)4-9)27(43-17)45-26(41)10-5-15(32)20(36)16(33)6-10/h1-6,17,21-23,27-38H,7H2/t17-,21-,22-,23-,27+/m1/s1. The minimum absolute atomic E-state index is 0.462. The first-order chi connectivity index (χ1) is 21.1. The first-order valence-corrected chi connectivity index (χ1v) is 12.4. The summed E-state index contributed by atoms with van der Waals surface area (Å²) in [4.78, 5) is 38.1. The fourth-order valence-electron chi connectivity index (χ4n) is 4.04. The molecule has 0 unspecified atom stereocenters. The number of phenols is 9. The van der Waals surface area contributed by atoms with E-state index in [0.717, 1.165) is 12.1 Å². The summed E-state index contributed by atoms with van der Waals surface area (Å²) < 4.78 is 20.7. The molecule has 0 amide bonds. The summed E-state index contributed by atoms with van der Waals surface area (Å²) in [5, 5.41) is 108. The van der Waals surface area contributed by atoms with Crippen molar-refractivity contribution in [3.05, 3.63) is 53.1 Å². The van der Waals surface area contributed by atoms with Crippen LogP contribution in [0.1, 0.15) is 31.1 Å². The van der Waals surface area contributed by atoms with Crippen LogP contribution < -0.4 is 0 Å². The van der Waals surface area contributed by atoms with Crippen LogP contribution in [0.2, 0.25) is 0 Å². The van der Waals surface area contributed by atoms with E-state index in [1.54, 1.807) is 0 Å². The van der Waals surface area contributed by atoms with Crippen molar-refractivity contribution in [1.82, 2.24) is 0 Å². The molecule has 0 aromatic heterocycles. The summed E-state index contributed by atoms with van der Waals surface area (Å²) in [6, 6.07) is 4.19. The topological polar surface area (TPSA) is 311 Å². The molecular weight excluding hydrogens is 612 g/mol. The first kappa shape index (κ1) is 32.1. The number of rotatable bonds is 7. The minimum atomic E-state index is -2.16. The third kappa shape index (κ3) is 6.56. The maximum atomic E-state index is 12.9. The fraction of sp³-hybridized carbons (Fsp3) is 0.222. The van der Waals surface area contributed by atoms with Gasteiger partial charge in [-0.2, -0.15) is 0 Å². The highest BCUT2D eigenvalue weighted by Crippen LogP contribution is 2.38. The molecule has 1 heterocycles. The number of hydrogen-bond donors (Lipinski definition) is 11. The molecular formula is C27H24O18. The predicted molar refractivity (Wildman–Crippen MR) is 140 cm³/mol. The number of aliphatic hydroxyl groups is 2. The molecule has 1 aliphatic heterocycles. The van der Waals surface area contributed by atoms with E-state index in [9.17, 15) is 70.6 Å². The second-order valence-corrected chi connectivity index (χ2v) is 9.49. The Labute approximate surface area is 249 Å². The number of carbonyl (C=O) groups excluding carboxylic acids is 3. The van der Waals surface area contributed by atoms with Crippen LogP contribution in [0.25, 0.3) is 0 Å². The summed E-state index contributed by atoms with van der Waals surface area (Å²) in [7, 11) is 0. The number of ether oxygens (including phenoxy) is 4. The number of phenolic OH excluding ortho intramolecular Hbond substituents is 9. The molecule has 3 aromatic carbocycles. The fourth-order valence-corrected chi connectivity index (χ4v) is 4.04. The first-order valence-electron chi connectivity index (χ1n) is 12.4. The lowest BCUT2D eigenvalue weighted by Gasteiger charge is -2.41. The molecule has 1 fully saturated rings. The molecule has 4 rings (SSSR count). The van der Waals surface area contributed by atoms with E-state index in [1.165, 1.54) is 0 Å². The van der Waals surface area contributed by atoms with Crippen molar-refractivity contribution < 1.29 is 89.5 Å². The Balaban J connectivity index is 1.59. The summed E-state index contributed by atoms with van der Waals surface area (Å²) in [5.74, 6) is -12.4. The van der Waals surface area contributed by atoms with E-state index in [2.05, 4.69) is 0 Å². The van der Waals surface area contributed by atoms with Gasteiger partial charge in [-0.15, -0.1) is 0 Å². The molecule has 45 heavy (non-hydrogen) atoms. The van der Waals surface area contributed by atoms with Crippen LogP contribution in [0.15, 0.2) is 36.4 Å². The van der Waals surface area contributed by atoms with Crippen molar-refractivity contribution in [3.8, 4) is 51.7 Å². The van der Waals surface area contributed by atoms with Crippen LogP contribution in [0.5, 0.6) is 51.7 Å². The van der Waals surface area contributed by atoms with Crippen molar-refractivity contribution in [2.45, 2.75) is 30.7 Å². The van der Waals surface area contributed by atoms with Crippen LogP contribution in [0, 0.1) is 0 Å². The highest BCUT2D eigenvalue weighted by Gasteiger charge is 2.49. The molecule has 0 saturated carbocycles. The van der Waals surface area contributed by atoms with Gasteiger partial charge in [-0.25, -0.2) is 14.4 Å². The van der Waals surface area contributed by atoms with Gasteiger partial charge in [-0.05, 0) is 36.4 Å². The third-order valence-electron chi connectivity index (χ3n) is 6.41. The van der Waals surface area contributed by atoms with E-state index >= 15 is 0 Å². The SMILES string of the molecule is O=C(OC[C@H]1O[C@@H](OC(=O)c2cc(O)c(O)c(O)c2)[C@H](OC(=O)c2cc(O)c(O)c(O)c2)[C@H](O)[C@@H]1O)c1cc(O)c(O)c(O)c1. The smallest absolute Gasteiger partial charge is 0.340 e. The molecule has 0 radical (unpaired) electrons. The zero-order valence-electron chi connectivity index (χ0n) is 22.3. The molecule has 0 aliphatic carbocycles. The zero-order valence-corrected chi connectivity index (χ0v) is 22.3. The summed E-state index contributed by atoms with van der Waals surface area (Å²) in [5.41, 5.74) is -1.63. The van der Waals surface area contributed by atoms with Crippen molar-refractivity contribution >= 4 is 17.9 Å². The number of carbonyl (C=O) groups is 3. The predicted octanol–water partition coefficient (Wildman–Crippen LogP) is -0.277. The van der Waals surface area contributed by atoms with Crippen LogP contribution in [-0.2, 0) is 18.9 Å². The number of aromatic hydroxyl groups is 9. The summed E-state index contributed by atoms with van der Waals surface area (Å²) >= 11 is 0. The average molecular weight is 636 g/mol. The van der Waals surface area contributed by atoms with Crippen molar-refractivity contribution in [3.63, 3.8) is 0 Å². The normalized spacial score (nSPS) is 21.1. The summed E-state index contributed by atoms with van der Waals surface area (Å²) in [6.45, 7) is -0.894. The van der Waals surface area contributed by atoms with Gasteiger partial charge in [-0.1, -0.05) is 0 Å². The molecule has 11 N–H and O–H groups in total. The highest BCUT2D eigenvalue weighted by molar-refractivity contribution is 5.92. The maximum absolute atomic E-state index is 12.9. The van der Waals surface area contributed by atoms with Crippen LogP contribution in [0.4, 0.5) is 0 Å². The number of benzene rings is 3. The monoisotopic (exact) mass is 636 g/mol. The minimum Gasteiger partial charge on any atom is -0.504 e. The van der Waals surface area contributed by atoms with Gasteiger partial charge in [-0.3, -0.25) is 0 Å². The number of hydrogen-bond acceptors (Lipinski definition) is 18. The number of aliphatic hydroxyl groups excluding tert-OH is 2. The van der Waals surface area contributed by atoms with Gasteiger partial charge >= 0.3 is 17.9 Å². The van der Waals surface area contributed by atoms with Crippen molar-refractivity contribution in [2.24, 2.45) is 0 Å². The molecule has 18 nitrogen and oxygen atoms in total. The van der Waals surface area contributed by atoms with Gasteiger partial charge in [0, 0.05) is 0 Å². The van der Waals surface area contributed by atoms with Crippen LogP contribution in [0.3, 0.4) is 0 Å². The zero-order chi connectivity index (χ0) is 33.3. The Morgan fingerprint density at radius 2 is 0.911 bits per heavy atom. The Hall–Kier alpha value is -5.85. The molecule has 3 aromatic rings. The lowest BCUT2D eigenvalue weighted by Crippen LogP contribution is -2.61. The van der Waals surface area contributed by atoms with E-state index < -0.39 is 124 Å². The summed E-state index contributed by atoms with van der Waals surface area (Å²) in [6.07, 6.45) is -10.1. The molecule has 1 aliphatic rings. The van der Waals surface area contributed by atoms with Gasteiger partial charge in [0.2, 0.25) is 6.29 Å². The van der Waals surface area contributed by atoms with Gasteiger partial charge in [0.25, 0.3) is 0 Å². The number of esters is 3. The van der Waals surface area contributed by atoms with E-state index in [-0.39, 0.29) is 0 Å². The van der Waals surface area contributed by atoms with E-state index in [4.69, 9.17) is 18.9 Å². The second-order valence-electron chi connectivity index (χ2n) is 9.49. The quantitative estimate of drug-likeness (QED) is 0.0902. The second kappa shape index (κ2) is 12.4. The van der Waals surface area contributed by atoms with Crippen molar-refractivity contribution in [2.75, 3.05) is 6.61 Å². The third-order valence-corrected chi connectivity index (χ3v) is 6.41. The van der Waals surface area contributed by atoms with Gasteiger partial charge in [0.05, 0.1) is 16.7 Å². The molecule has 0 spiro atoms. The average Bonchev–Trinajstić information content (AvgIpc) is 2.99. The Bertz CT molecular complexity index is 1580. The largest absolute Gasteiger partial charge is 0.504 e. The van der Waals surface area contributed by atoms with Gasteiger partial charge < -0.3 is 75.1 Å². The van der Waals surface area contributed by atoms with Crippen LogP contribution in [-0.4, -0.2) is 111 Å². The molecule has 5 atom stereocenters. The Kier molecular flexibility index (Phi) is 8.84. The van der Waals surface area contributed by atoms with Gasteiger partial charge in [0.1, 0.15) is 24.9 Å². The van der Waals surface area contributed by atoms with Crippen LogP contribution >= 0.6 is 0 Å². The highest BCUT2D eigenvalue weighted by atomic mass is 16.7. The lowest BCUT2D eigenvalue weighted by atomic mass is 9.99. The molecule has 240 valence electrons. The molecule has 1 saturated heterocycles. The molecule has 0 bridgehead atoms. The maximum Gasteiger partial charge on any atom is 0.340 e. The Morgan fingerprint density at radius 1 is 0.556 bits per heavy atom. The van der Waals surface area contributed by atoms with Gasteiger partial charge in [0.15, 0.2) is 57.8 Å².